The maximum Gasteiger partial charge on any atom is 1.00 e. The van der Waals surface area contributed by atoms with E-state index in [2.05, 4.69) is 15.0 Å². The van der Waals surface area contributed by atoms with Gasteiger partial charge in [-0.2, -0.15) is 15.0 Å². The van der Waals surface area contributed by atoms with Gasteiger partial charge in [0, 0.05) is 0 Å². The normalized spacial score (nSPS) is 8.40. The third-order valence-corrected chi connectivity index (χ3v) is 0.687. The fraction of sp³-hybridized carbons (Fsp3) is 0. The van der Waals surface area contributed by atoms with Gasteiger partial charge in [0.1, 0.15) is 0 Å². The first-order chi connectivity index (χ1) is 4.18. The molecule has 0 aliphatic heterocycles. The van der Waals surface area contributed by atoms with E-state index in [0.717, 1.165) is 0 Å². The van der Waals surface area contributed by atoms with Gasteiger partial charge in [-0.1, -0.05) is 0 Å². The number of anilines is 3. The van der Waals surface area contributed by atoms with Gasteiger partial charge in [-0.15, -0.1) is 0 Å². The molecule has 50 valence electrons. The molecule has 0 aromatic carbocycles. The van der Waals surface area contributed by atoms with Crippen LogP contribution in [-0.2, 0) is 0 Å². The summed E-state index contributed by atoms with van der Waals surface area (Å²) in [5.74, 6) is 0.125. The first kappa shape index (κ1) is 10.0. The summed E-state index contributed by atoms with van der Waals surface area (Å²) in [6.07, 6.45) is 0. The van der Waals surface area contributed by atoms with E-state index in [9.17, 15) is 0 Å². The molecule has 6 N–H and O–H groups in total. The zero-order valence-corrected chi connectivity index (χ0v) is 8.70. The molecule has 0 saturated carbocycles. The molecular formula is C3H7KN6. The molecule has 0 unspecified atom stereocenters. The fourth-order valence-electron chi connectivity index (χ4n) is 0.427. The minimum absolute atomic E-state index is 0. The van der Waals surface area contributed by atoms with Crippen LogP contribution in [0.3, 0.4) is 0 Å². The molecule has 0 bridgehead atoms. The van der Waals surface area contributed by atoms with Gasteiger partial charge in [-0.3, -0.25) is 0 Å². The van der Waals surface area contributed by atoms with Crippen molar-refractivity contribution in [2.24, 2.45) is 0 Å². The third-order valence-electron chi connectivity index (χ3n) is 0.687. The second-order valence-corrected chi connectivity index (χ2v) is 1.41. The van der Waals surface area contributed by atoms with Crippen LogP contribution in [0, 0.1) is 0 Å². The van der Waals surface area contributed by atoms with Crippen LogP contribution in [0.1, 0.15) is 1.43 Å². The van der Waals surface area contributed by atoms with E-state index >= 15 is 0 Å². The Morgan fingerprint density at radius 3 is 1.20 bits per heavy atom. The molecule has 0 atom stereocenters. The van der Waals surface area contributed by atoms with Crippen molar-refractivity contribution in [3.63, 3.8) is 0 Å². The summed E-state index contributed by atoms with van der Waals surface area (Å²) in [4.78, 5) is 10.5. The molecule has 0 fully saturated rings. The zero-order chi connectivity index (χ0) is 6.85. The molecule has 0 saturated heterocycles. The van der Waals surface area contributed by atoms with Crippen LogP contribution < -0.4 is 68.6 Å². The SMILES string of the molecule is Nc1nc(N)nc(N)n1.[H-].[K+]. The number of nitrogens with two attached hydrogens (primary N) is 3. The average molecular weight is 166 g/mol. The van der Waals surface area contributed by atoms with Gasteiger partial charge in [0.05, 0.1) is 0 Å². The Kier molecular flexibility index (Phi) is 4.05. The number of nitrogen functional groups attached to an aromatic ring is 3. The number of hydrogen-bond acceptors (Lipinski definition) is 6. The van der Waals surface area contributed by atoms with Crippen molar-refractivity contribution in [1.82, 2.24) is 15.0 Å². The minimum atomic E-state index is 0. The van der Waals surface area contributed by atoms with E-state index in [-0.39, 0.29) is 70.7 Å². The van der Waals surface area contributed by atoms with Crippen LogP contribution in [0.4, 0.5) is 17.8 Å². The summed E-state index contributed by atoms with van der Waals surface area (Å²) < 4.78 is 0. The van der Waals surface area contributed by atoms with Gasteiger partial charge >= 0.3 is 51.4 Å². The molecule has 0 amide bonds. The molecule has 0 radical (unpaired) electrons. The largest absolute Gasteiger partial charge is 1.00 e. The van der Waals surface area contributed by atoms with Crippen molar-refractivity contribution in [2.45, 2.75) is 0 Å². The van der Waals surface area contributed by atoms with Crippen LogP contribution >= 0.6 is 0 Å². The van der Waals surface area contributed by atoms with Crippen molar-refractivity contribution in [3.8, 4) is 0 Å². The minimum Gasteiger partial charge on any atom is -1.00 e. The summed E-state index contributed by atoms with van der Waals surface area (Å²) in [5, 5.41) is 0. The van der Waals surface area contributed by atoms with Crippen LogP contribution in [0.15, 0.2) is 0 Å². The van der Waals surface area contributed by atoms with E-state index in [4.69, 9.17) is 17.2 Å². The Balaban J connectivity index is 0. The van der Waals surface area contributed by atoms with Crippen molar-refractivity contribution >= 4 is 17.8 Å². The molecule has 1 heterocycles. The van der Waals surface area contributed by atoms with E-state index in [0.29, 0.717) is 0 Å². The molecule has 0 spiro atoms. The predicted octanol–water partition coefficient (Wildman–Crippen LogP) is -4.27. The van der Waals surface area contributed by atoms with Crippen LogP contribution in [0.2, 0.25) is 0 Å². The van der Waals surface area contributed by atoms with Crippen molar-refractivity contribution in [2.75, 3.05) is 17.2 Å². The van der Waals surface area contributed by atoms with Crippen molar-refractivity contribution in [3.05, 3.63) is 0 Å². The molecular weight excluding hydrogens is 159 g/mol. The number of rotatable bonds is 0. The maximum atomic E-state index is 5.14. The van der Waals surface area contributed by atoms with Crippen molar-refractivity contribution < 1.29 is 52.8 Å². The summed E-state index contributed by atoms with van der Waals surface area (Å²) in [5.41, 5.74) is 15.4. The molecule has 0 aliphatic rings. The van der Waals surface area contributed by atoms with Gasteiger partial charge < -0.3 is 18.6 Å². The van der Waals surface area contributed by atoms with E-state index in [1.54, 1.807) is 0 Å². The molecule has 10 heavy (non-hydrogen) atoms. The molecule has 6 nitrogen and oxygen atoms in total. The smallest absolute Gasteiger partial charge is 1.00 e. The topological polar surface area (TPSA) is 117 Å². The summed E-state index contributed by atoms with van der Waals surface area (Å²) in [7, 11) is 0. The molecule has 0 aliphatic carbocycles. The Hall–Kier alpha value is 0.0464. The van der Waals surface area contributed by atoms with Gasteiger partial charge in [0.2, 0.25) is 17.8 Å². The van der Waals surface area contributed by atoms with E-state index < -0.39 is 0 Å². The number of nitrogens with zero attached hydrogens (tertiary/aromatic N) is 3. The first-order valence-electron chi connectivity index (χ1n) is 2.21. The Morgan fingerprint density at radius 2 is 1.00 bits per heavy atom. The summed E-state index contributed by atoms with van der Waals surface area (Å²) in [6, 6.07) is 0. The van der Waals surface area contributed by atoms with Crippen molar-refractivity contribution in [1.29, 1.82) is 0 Å². The number of aromatic nitrogens is 3. The summed E-state index contributed by atoms with van der Waals surface area (Å²) in [6.45, 7) is 0. The van der Waals surface area contributed by atoms with E-state index in [1.807, 2.05) is 0 Å². The second-order valence-electron chi connectivity index (χ2n) is 1.41. The molecule has 1 aromatic heterocycles. The standard InChI is InChI=1S/C3H6N6.K.H/c4-1-7-2(5)9-3(6)8-1;;/h(H6,4,5,6,7,8,9);;/q;+1;-1. The second kappa shape index (κ2) is 4.04. The van der Waals surface area contributed by atoms with Crippen LogP contribution in [0.25, 0.3) is 0 Å². The fourth-order valence-corrected chi connectivity index (χ4v) is 0.427. The maximum absolute atomic E-state index is 5.14. The zero-order valence-electron chi connectivity index (χ0n) is 6.57. The average Bonchev–Trinajstić information content (AvgIpc) is 1.59. The van der Waals surface area contributed by atoms with Crippen LogP contribution in [-0.4, -0.2) is 15.0 Å². The Bertz CT molecular complexity index is 179. The van der Waals surface area contributed by atoms with Crippen LogP contribution in [0.5, 0.6) is 0 Å². The van der Waals surface area contributed by atoms with Gasteiger partial charge in [-0.05, 0) is 0 Å². The Labute approximate surface area is 102 Å². The van der Waals surface area contributed by atoms with E-state index in [1.165, 1.54) is 0 Å². The van der Waals surface area contributed by atoms with Gasteiger partial charge in [0.15, 0.2) is 0 Å². The Morgan fingerprint density at radius 1 is 0.800 bits per heavy atom. The first-order valence-corrected chi connectivity index (χ1v) is 2.21. The third kappa shape index (κ3) is 2.75. The predicted molar refractivity (Wildman–Crippen MR) is 34.2 cm³/mol. The quantitative estimate of drug-likeness (QED) is 0.336. The number of hydrogen-bond donors (Lipinski definition) is 3. The molecule has 7 heteroatoms. The van der Waals surface area contributed by atoms with Gasteiger partial charge in [-0.25, -0.2) is 0 Å². The monoisotopic (exact) mass is 166 g/mol. The van der Waals surface area contributed by atoms with Gasteiger partial charge in [0.25, 0.3) is 0 Å². The molecule has 1 aromatic rings. The molecule has 1 rings (SSSR count). The summed E-state index contributed by atoms with van der Waals surface area (Å²) >= 11 is 0.